The van der Waals surface area contributed by atoms with E-state index in [9.17, 15) is 0 Å². The van der Waals surface area contributed by atoms with Gasteiger partial charge in [-0.2, -0.15) is 0 Å². The van der Waals surface area contributed by atoms with E-state index in [0.717, 1.165) is 6.54 Å². The molecule has 98 valence electrons. The van der Waals surface area contributed by atoms with Gasteiger partial charge in [-0.25, -0.2) is 0 Å². The molecule has 0 saturated carbocycles. The Bertz CT molecular complexity index is 435. The zero-order valence-corrected chi connectivity index (χ0v) is 11.4. The zero-order chi connectivity index (χ0) is 12.7. The van der Waals surface area contributed by atoms with Crippen molar-refractivity contribution in [2.45, 2.75) is 25.9 Å². The maximum atomic E-state index is 6.56. The lowest BCUT2D eigenvalue weighted by molar-refractivity contribution is 0.00206. The fraction of sp³-hybridized carbons (Fsp3) is 0.600. The molecule has 1 aromatic rings. The molecule has 3 saturated heterocycles. The van der Waals surface area contributed by atoms with E-state index < -0.39 is 0 Å². The van der Waals surface area contributed by atoms with Gasteiger partial charge in [0.25, 0.3) is 0 Å². The molecule has 3 aliphatic rings. The third-order valence-electron chi connectivity index (χ3n) is 4.53. The van der Waals surface area contributed by atoms with Crippen LogP contribution < -0.4 is 5.73 Å². The van der Waals surface area contributed by atoms with Crippen molar-refractivity contribution in [2.75, 3.05) is 32.7 Å². The van der Waals surface area contributed by atoms with Crippen LogP contribution in [-0.4, -0.2) is 48.6 Å². The molecule has 0 aliphatic carbocycles. The number of aryl methyl sites for hydroxylation is 2. The van der Waals surface area contributed by atoms with Gasteiger partial charge in [-0.15, -0.1) is 0 Å². The van der Waals surface area contributed by atoms with E-state index in [4.69, 9.17) is 5.73 Å². The van der Waals surface area contributed by atoms with Gasteiger partial charge in [-0.3, -0.25) is 9.80 Å². The SMILES string of the molecule is Cc1ccc(C)c(C(N)C2CN3CCN2CC3)c1. The Morgan fingerprint density at radius 2 is 1.89 bits per heavy atom. The van der Waals surface area contributed by atoms with Gasteiger partial charge in [-0.05, 0) is 25.0 Å². The van der Waals surface area contributed by atoms with Crippen LogP contribution in [-0.2, 0) is 0 Å². The van der Waals surface area contributed by atoms with Crippen molar-refractivity contribution >= 4 is 0 Å². The summed E-state index contributed by atoms with van der Waals surface area (Å²) in [5, 5.41) is 0. The number of hydrogen-bond acceptors (Lipinski definition) is 3. The minimum atomic E-state index is 0.146. The fourth-order valence-corrected chi connectivity index (χ4v) is 3.32. The van der Waals surface area contributed by atoms with Gasteiger partial charge in [0.05, 0.1) is 0 Å². The molecular weight excluding hydrogens is 222 g/mol. The van der Waals surface area contributed by atoms with Crippen LogP contribution in [0.2, 0.25) is 0 Å². The largest absolute Gasteiger partial charge is 0.323 e. The first-order valence-electron chi connectivity index (χ1n) is 6.94. The van der Waals surface area contributed by atoms with Gasteiger partial charge < -0.3 is 5.73 Å². The molecule has 0 amide bonds. The first-order valence-corrected chi connectivity index (χ1v) is 6.94. The predicted molar refractivity (Wildman–Crippen MR) is 74.6 cm³/mol. The van der Waals surface area contributed by atoms with Gasteiger partial charge in [0, 0.05) is 44.8 Å². The highest BCUT2D eigenvalue weighted by molar-refractivity contribution is 5.34. The maximum Gasteiger partial charge on any atom is 0.0468 e. The first-order chi connectivity index (χ1) is 8.65. The molecular formula is C15H23N3. The van der Waals surface area contributed by atoms with E-state index in [2.05, 4.69) is 41.8 Å². The molecule has 3 heterocycles. The molecule has 3 heteroatoms. The lowest BCUT2D eigenvalue weighted by Gasteiger charge is -2.49. The predicted octanol–water partition coefficient (Wildman–Crippen LogP) is 1.30. The van der Waals surface area contributed by atoms with Crippen molar-refractivity contribution < 1.29 is 0 Å². The normalized spacial score (nSPS) is 32.5. The van der Waals surface area contributed by atoms with Crippen LogP contribution in [0.3, 0.4) is 0 Å². The summed E-state index contributed by atoms with van der Waals surface area (Å²) < 4.78 is 0. The maximum absolute atomic E-state index is 6.56. The molecule has 3 aliphatic heterocycles. The van der Waals surface area contributed by atoms with Gasteiger partial charge in [0.2, 0.25) is 0 Å². The number of fused-ring (bicyclic) bond motifs is 3. The van der Waals surface area contributed by atoms with Crippen LogP contribution in [0.25, 0.3) is 0 Å². The van der Waals surface area contributed by atoms with E-state index in [1.807, 2.05) is 0 Å². The molecule has 4 rings (SSSR count). The summed E-state index contributed by atoms with van der Waals surface area (Å²) in [6, 6.07) is 7.27. The average molecular weight is 245 g/mol. The highest BCUT2D eigenvalue weighted by Crippen LogP contribution is 2.27. The number of nitrogens with two attached hydrogens (primary N) is 1. The van der Waals surface area contributed by atoms with Crippen LogP contribution in [0.15, 0.2) is 18.2 Å². The second kappa shape index (κ2) is 4.65. The molecule has 3 nitrogen and oxygen atoms in total. The van der Waals surface area contributed by atoms with Crippen molar-refractivity contribution in [3.8, 4) is 0 Å². The molecule has 18 heavy (non-hydrogen) atoms. The number of benzene rings is 1. The Morgan fingerprint density at radius 3 is 2.50 bits per heavy atom. The summed E-state index contributed by atoms with van der Waals surface area (Å²) in [5.41, 5.74) is 10.5. The van der Waals surface area contributed by atoms with E-state index in [1.165, 1.54) is 42.9 Å². The topological polar surface area (TPSA) is 32.5 Å². The summed E-state index contributed by atoms with van der Waals surface area (Å²) in [6.07, 6.45) is 0. The Kier molecular flexibility index (Phi) is 3.14. The van der Waals surface area contributed by atoms with Crippen molar-refractivity contribution in [3.63, 3.8) is 0 Å². The van der Waals surface area contributed by atoms with Gasteiger partial charge >= 0.3 is 0 Å². The van der Waals surface area contributed by atoms with Crippen LogP contribution in [0.1, 0.15) is 22.7 Å². The lowest BCUT2D eigenvalue weighted by atomic mass is 9.91. The second-order valence-electron chi connectivity index (χ2n) is 5.79. The number of rotatable bonds is 2. The summed E-state index contributed by atoms with van der Waals surface area (Å²) >= 11 is 0. The monoisotopic (exact) mass is 245 g/mol. The molecule has 0 spiro atoms. The second-order valence-corrected chi connectivity index (χ2v) is 5.79. The average Bonchev–Trinajstić information content (AvgIpc) is 2.42. The van der Waals surface area contributed by atoms with Gasteiger partial charge in [0.15, 0.2) is 0 Å². The fourth-order valence-electron chi connectivity index (χ4n) is 3.32. The summed E-state index contributed by atoms with van der Waals surface area (Å²) in [5.74, 6) is 0. The number of nitrogens with zero attached hydrogens (tertiary/aromatic N) is 2. The lowest BCUT2D eigenvalue weighted by Crippen LogP contribution is -2.63. The highest BCUT2D eigenvalue weighted by atomic mass is 15.3. The molecule has 1 aromatic carbocycles. The third-order valence-corrected chi connectivity index (χ3v) is 4.53. The summed E-state index contributed by atoms with van der Waals surface area (Å²) in [7, 11) is 0. The molecule has 3 fully saturated rings. The number of hydrogen-bond donors (Lipinski definition) is 1. The van der Waals surface area contributed by atoms with Crippen LogP contribution in [0, 0.1) is 13.8 Å². The van der Waals surface area contributed by atoms with E-state index in [1.54, 1.807) is 0 Å². The van der Waals surface area contributed by atoms with Crippen LogP contribution in [0.5, 0.6) is 0 Å². The van der Waals surface area contributed by atoms with Gasteiger partial charge in [-0.1, -0.05) is 23.8 Å². The van der Waals surface area contributed by atoms with Crippen molar-refractivity contribution in [2.24, 2.45) is 5.73 Å². The molecule has 2 bridgehead atoms. The van der Waals surface area contributed by atoms with Gasteiger partial charge in [0.1, 0.15) is 0 Å². The zero-order valence-electron chi connectivity index (χ0n) is 11.4. The molecule has 2 N–H and O–H groups in total. The quantitative estimate of drug-likeness (QED) is 0.852. The minimum Gasteiger partial charge on any atom is -0.323 e. The standard InChI is InChI=1S/C15H23N3/c1-11-3-4-12(2)13(9-11)15(16)14-10-17-5-7-18(14)8-6-17/h3-4,9,14-15H,5-8,10,16H2,1-2H3. The Hall–Kier alpha value is -0.900. The molecule has 0 radical (unpaired) electrons. The first kappa shape index (κ1) is 12.2. The minimum absolute atomic E-state index is 0.146. The molecule has 2 unspecified atom stereocenters. The van der Waals surface area contributed by atoms with E-state index in [0.29, 0.717) is 6.04 Å². The number of piperazine rings is 3. The Morgan fingerprint density at radius 1 is 1.17 bits per heavy atom. The van der Waals surface area contributed by atoms with Crippen molar-refractivity contribution in [1.29, 1.82) is 0 Å². The Labute approximate surface area is 110 Å². The van der Waals surface area contributed by atoms with Crippen molar-refractivity contribution in [1.82, 2.24) is 9.80 Å². The van der Waals surface area contributed by atoms with Crippen LogP contribution >= 0.6 is 0 Å². The third kappa shape index (κ3) is 2.07. The van der Waals surface area contributed by atoms with Crippen molar-refractivity contribution in [3.05, 3.63) is 34.9 Å². The molecule has 2 atom stereocenters. The van der Waals surface area contributed by atoms with Crippen LogP contribution in [0.4, 0.5) is 0 Å². The highest BCUT2D eigenvalue weighted by Gasteiger charge is 2.36. The Balaban J connectivity index is 1.85. The molecule has 0 aromatic heterocycles. The summed E-state index contributed by atoms with van der Waals surface area (Å²) in [6.45, 7) is 10.3. The smallest absolute Gasteiger partial charge is 0.0468 e. The van der Waals surface area contributed by atoms with E-state index in [-0.39, 0.29) is 6.04 Å². The van der Waals surface area contributed by atoms with E-state index >= 15 is 0 Å². The summed E-state index contributed by atoms with van der Waals surface area (Å²) in [4.78, 5) is 5.13.